The summed E-state index contributed by atoms with van der Waals surface area (Å²) in [5.41, 5.74) is 1.05. The number of hydrogen-bond acceptors (Lipinski definition) is 2. The molecule has 3 nitrogen and oxygen atoms in total. The fourth-order valence-corrected chi connectivity index (χ4v) is 2.55. The zero-order chi connectivity index (χ0) is 12.5. The number of carbonyl (C=O) groups is 1. The van der Waals surface area contributed by atoms with Crippen molar-refractivity contribution in [1.82, 2.24) is 0 Å². The molecule has 1 unspecified atom stereocenters. The third kappa shape index (κ3) is 1.45. The standard InChI is InChI=1S/C14H15NO2/c1-3-9-14(4-2)11-7-5-6-8-12(11)15(10-16)13(14)17/h1,5-8,16H,4,9-10H2,2H3. The smallest absolute Gasteiger partial charge is 0.240 e. The van der Waals surface area contributed by atoms with Gasteiger partial charge in [-0.2, -0.15) is 0 Å². The summed E-state index contributed by atoms with van der Waals surface area (Å²) in [6.45, 7) is 1.65. The molecule has 1 aromatic rings. The summed E-state index contributed by atoms with van der Waals surface area (Å²) < 4.78 is 0. The molecule has 1 aliphatic rings. The highest BCUT2D eigenvalue weighted by atomic mass is 16.3. The van der Waals surface area contributed by atoms with Crippen LogP contribution in [0.4, 0.5) is 5.69 Å². The van der Waals surface area contributed by atoms with E-state index in [9.17, 15) is 9.90 Å². The predicted molar refractivity (Wildman–Crippen MR) is 66.4 cm³/mol. The van der Waals surface area contributed by atoms with Gasteiger partial charge in [0.25, 0.3) is 0 Å². The van der Waals surface area contributed by atoms with E-state index in [0.29, 0.717) is 12.8 Å². The van der Waals surface area contributed by atoms with E-state index >= 15 is 0 Å². The number of amides is 1. The highest BCUT2D eigenvalue weighted by Crippen LogP contribution is 2.45. The van der Waals surface area contributed by atoms with Crippen molar-refractivity contribution in [2.45, 2.75) is 25.2 Å². The van der Waals surface area contributed by atoms with Crippen molar-refractivity contribution in [3.8, 4) is 12.3 Å². The summed E-state index contributed by atoms with van der Waals surface area (Å²) in [5, 5.41) is 9.33. The van der Waals surface area contributed by atoms with E-state index in [-0.39, 0.29) is 12.6 Å². The number of terminal acetylenes is 1. The van der Waals surface area contributed by atoms with Crippen LogP contribution in [0.3, 0.4) is 0 Å². The molecule has 0 bridgehead atoms. The van der Waals surface area contributed by atoms with Crippen LogP contribution >= 0.6 is 0 Å². The Morgan fingerprint density at radius 1 is 1.47 bits per heavy atom. The van der Waals surface area contributed by atoms with Crippen molar-refractivity contribution < 1.29 is 9.90 Å². The summed E-state index contributed by atoms with van der Waals surface area (Å²) in [6.07, 6.45) is 6.41. The van der Waals surface area contributed by atoms with Crippen LogP contribution in [0.25, 0.3) is 0 Å². The number of carbonyl (C=O) groups excluding carboxylic acids is 1. The quantitative estimate of drug-likeness (QED) is 0.801. The molecule has 1 amide bonds. The molecule has 0 fully saturated rings. The number of benzene rings is 1. The molecule has 2 rings (SSSR count). The van der Waals surface area contributed by atoms with E-state index in [1.807, 2.05) is 31.2 Å². The van der Waals surface area contributed by atoms with Crippen LogP contribution in [0.5, 0.6) is 0 Å². The summed E-state index contributed by atoms with van der Waals surface area (Å²) >= 11 is 0. The molecule has 1 aromatic carbocycles. The Bertz CT molecular complexity index is 489. The van der Waals surface area contributed by atoms with Gasteiger partial charge in [-0.05, 0) is 18.1 Å². The van der Waals surface area contributed by atoms with Crippen molar-refractivity contribution in [2.75, 3.05) is 11.6 Å². The van der Waals surface area contributed by atoms with Crippen molar-refractivity contribution in [3.63, 3.8) is 0 Å². The molecule has 0 radical (unpaired) electrons. The largest absolute Gasteiger partial charge is 0.376 e. The number of nitrogens with zero attached hydrogens (tertiary/aromatic N) is 1. The molecule has 3 heteroatoms. The summed E-state index contributed by atoms with van der Waals surface area (Å²) in [6, 6.07) is 7.52. The third-order valence-electron chi connectivity index (χ3n) is 3.51. The molecule has 1 N–H and O–H groups in total. The molecular formula is C14H15NO2. The Balaban J connectivity index is 2.63. The van der Waals surface area contributed by atoms with Gasteiger partial charge in [0.05, 0.1) is 11.1 Å². The Labute approximate surface area is 101 Å². The maximum absolute atomic E-state index is 12.4. The van der Waals surface area contributed by atoms with Crippen LogP contribution in [0.2, 0.25) is 0 Å². The van der Waals surface area contributed by atoms with Crippen LogP contribution in [-0.2, 0) is 10.2 Å². The molecular weight excluding hydrogens is 214 g/mol. The Hall–Kier alpha value is -1.79. The second-order valence-electron chi connectivity index (χ2n) is 4.21. The van der Waals surface area contributed by atoms with Crippen molar-refractivity contribution in [3.05, 3.63) is 29.8 Å². The van der Waals surface area contributed by atoms with E-state index in [2.05, 4.69) is 5.92 Å². The second kappa shape index (κ2) is 4.23. The lowest BCUT2D eigenvalue weighted by molar-refractivity contribution is -0.123. The highest BCUT2D eigenvalue weighted by molar-refractivity contribution is 6.08. The van der Waals surface area contributed by atoms with Crippen LogP contribution in [0, 0.1) is 12.3 Å². The minimum Gasteiger partial charge on any atom is -0.376 e. The van der Waals surface area contributed by atoms with Gasteiger partial charge in [0.15, 0.2) is 0 Å². The normalized spacial score (nSPS) is 22.4. The van der Waals surface area contributed by atoms with Gasteiger partial charge in [-0.3, -0.25) is 9.69 Å². The zero-order valence-electron chi connectivity index (χ0n) is 9.81. The zero-order valence-corrected chi connectivity index (χ0v) is 9.81. The van der Waals surface area contributed by atoms with Crippen molar-refractivity contribution in [1.29, 1.82) is 0 Å². The number of anilines is 1. The third-order valence-corrected chi connectivity index (χ3v) is 3.51. The van der Waals surface area contributed by atoms with Crippen LogP contribution in [0.1, 0.15) is 25.3 Å². The van der Waals surface area contributed by atoms with E-state index in [0.717, 1.165) is 11.3 Å². The molecule has 0 saturated heterocycles. The van der Waals surface area contributed by atoms with Crippen molar-refractivity contribution in [2.24, 2.45) is 0 Å². The predicted octanol–water partition coefficient (Wildman–Crippen LogP) is 1.65. The second-order valence-corrected chi connectivity index (χ2v) is 4.21. The minimum atomic E-state index is -0.659. The molecule has 1 heterocycles. The van der Waals surface area contributed by atoms with Gasteiger partial charge in [-0.25, -0.2) is 0 Å². The number of fused-ring (bicyclic) bond motifs is 1. The van der Waals surface area contributed by atoms with Crippen LogP contribution in [-0.4, -0.2) is 17.7 Å². The number of rotatable bonds is 3. The van der Waals surface area contributed by atoms with E-state index in [1.165, 1.54) is 4.90 Å². The van der Waals surface area contributed by atoms with Gasteiger partial charge in [-0.15, -0.1) is 12.3 Å². The molecule has 1 atom stereocenters. The molecule has 0 spiro atoms. The first-order chi connectivity index (χ1) is 8.21. The first kappa shape index (κ1) is 11.7. The van der Waals surface area contributed by atoms with Gasteiger partial charge in [-0.1, -0.05) is 25.1 Å². The Morgan fingerprint density at radius 2 is 2.18 bits per heavy atom. The maximum Gasteiger partial charge on any atom is 0.240 e. The topological polar surface area (TPSA) is 40.5 Å². The average molecular weight is 229 g/mol. The summed E-state index contributed by atoms with van der Waals surface area (Å²) in [4.78, 5) is 13.8. The van der Waals surface area contributed by atoms with Gasteiger partial charge < -0.3 is 5.11 Å². The fourth-order valence-electron chi connectivity index (χ4n) is 2.55. The molecule has 0 aromatic heterocycles. The number of aliphatic hydroxyl groups is 1. The van der Waals surface area contributed by atoms with Crippen LogP contribution in [0.15, 0.2) is 24.3 Å². The molecule has 17 heavy (non-hydrogen) atoms. The van der Waals surface area contributed by atoms with Gasteiger partial charge in [0.1, 0.15) is 6.73 Å². The lowest BCUT2D eigenvalue weighted by Gasteiger charge is -2.24. The van der Waals surface area contributed by atoms with Gasteiger partial charge >= 0.3 is 0 Å². The lowest BCUT2D eigenvalue weighted by Crippen LogP contribution is -2.40. The fraction of sp³-hybridized carbons (Fsp3) is 0.357. The maximum atomic E-state index is 12.4. The highest BCUT2D eigenvalue weighted by Gasteiger charge is 2.48. The summed E-state index contributed by atoms with van der Waals surface area (Å²) in [5.74, 6) is 2.49. The Morgan fingerprint density at radius 3 is 2.76 bits per heavy atom. The first-order valence-electron chi connectivity index (χ1n) is 5.67. The number of hydrogen-bond donors (Lipinski definition) is 1. The molecule has 1 aliphatic heterocycles. The molecule has 0 saturated carbocycles. The van der Waals surface area contributed by atoms with E-state index in [1.54, 1.807) is 0 Å². The molecule has 0 aliphatic carbocycles. The van der Waals surface area contributed by atoms with E-state index < -0.39 is 5.41 Å². The number of aliphatic hydroxyl groups excluding tert-OH is 1. The van der Waals surface area contributed by atoms with Gasteiger partial charge in [0.2, 0.25) is 5.91 Å². The summed E-state index contributed by atoms with van der Waals surface area (Å²) in [7, 11) is 0. The minimum absolute atomic E-state index is 0.0957. The first-order valence-corrected chi connectivity index (χ1v) is 5.67. The monoisotopic (exact) mass is 229 g/mol. The lowest BCUT2D eigenvalue weighted by atomic mass is 9.76. The Kier molecular flexibility index (Phi) is 2.91. The average Bonchev–Trinajstić information content (AvgIpc) is 2.60. The number of para-hydroxylation sites is 1. The van der Waals surface area contributed by atoms with E-state index in [4.69, 9.17) is 6.42 Å². The van der Waals surface area contributed by atoms with Crippen molar-refractivity contribution >= 4 is 11.6 Å². The van der Waals surface area contributed by atoms with Gasteiger partial charge in [0, 0.05) is 6.42 Å². The van der Waals surface area contributed by atoms with Crippen LogP contribution < -0.4 is 4.90 Å². The SMILES string of the molecule is C#CCC1(CC)C(=O)N(CO)c2ccccc21. The molecule has 88 valence electrons.